The molecule has 0 heterocycles. The van der Waals surface area contributed by atoms with Crippen molar-refractivity contribution in [3.05, 3.63) is 12.2 Å². The summed E-state index contributed by atoms with van der Waals surface area (Å²) >= 11 is 0. The van der Waals surface area contributed by atoms with E-state index >= 15 is 0 Å². The van der Waals surface area contributed by atoms with Crippen LogP contribution in [0.25, 0.3) is 0 Å². The Morgan fingerprint density at radius 1 is 1.12 bits per heavy atom. The van der Waals surface area contributed by atoms with Gasteiger partial charge < -0.3 is 10.2 Å². The van der Waals surface area contributed by atoms with E-state index in [1.54, 1.807) is 13.8 Å². The third kappa shape index (κ3) is 3.36. The van der Waals surface area contributed by atoms with Crippen LogP contribution in [0, 0.1) is 10.8 Å². The van der Waals surface area contributed by atoms with Gasteiger partial charge in [0.05, 0.1) is 11.8 Å². The van der Waals surface area contributed by atoms with Crippen LogP contribution in [-0.2, 0) is 9.59 Å². The van der Waals surface area contributed by atoms with E-state index in [2.05, 4.69) is 6.58 Å². The van der Waals surface area contributed by atoms with Crippen LogP contribution in [0.3, 0.4) is 0 Å². The predicted octanol–water partition coefficient (Wildman–Crippen LogP) is 2.54. The molecule has 0 unspecified atom stereocenters. The van der Waals surface area contributed by atoms with E-state index in [1.807, 2.05) is 13.8 Å². The molecule has 0 spiro atoms. The van der Waals surface area contributed by atoms with Crippen LogP contribution in [0.1, 0.15) is 40.5 Å². The van der Waals surface area contributed by atoms with Crippen molar-refractivity contribution in [1.82, 2.24) is 0 Å². The van der Waals surface area contributed by atoms with Crippen molar-refractivity contribution in [2.24, 2.45) is 10.8 Å². The van der Waals surface area contributed by atoms with E-state index in [0.717, 1.165) is 0 Å². The Morgan fingerprint density at radius 2 is 1.56 bits per heavy atom. The topological polar surface area (TPSA) is 74.6 Å². The summed E-state index contributed by atoms with van der Waals surface area (Å²) in [5, 5.41) is 17.7. The predicted molar refractivity (Wildman–Crippen MR) is 61.2 cm³/mol. The molecule has 4 heteroatoms. The number of aliphatic carboxylic acids is 2. The van der Waals surface area contributed by atoms with Gasteiger partial charge >= 0.3 is 11.9 Å². The van der Waals surface area contributed by atoms with Gasteiger partial charge in [-0.3, -0.25) is 9.59 Å². The number of hydrogen-bond donors (Lipinski definition) is 2. The molecule has 0 aromatic rings. The Morgan fingerprint density at radius 3 is 1.88 bits per heavy atom. The smallest absolute Gasteiger partial charge is 0.309 e. The van der Waals surface area contributed by atoms with Gasteiger partial charge in [0, 0.05) is 0 Å². The average molecular weight is 228 g/mol. The number of carboxylic acids is 2. The van der Waals surface area contributed by atoms with E-state index in [0.29, 0.717) is 12.0 Å². The molecule has 0 fully saturated rings. The summed E-state index contributed by atoms with van der Waals surface area (Å²) in [6.45, 7) is 10.6. The maximum atomic E-state index is 11.1. The van der Waals surface area contributed by atoms with Crippen LogP contribution in [-0.4, -0.2) is 22.2 Å². The van der Waals surface area contributed by atoms with Gasteiger partial charge in [-0.05, 0) is 25.7 Å². The molecule has 92 valence electrons. The Hall–Kier alpha value is -1.32. The fourth-order valence-corrected chi connectivity index (χ4v) is 1.41. The monoisotopic (exact) mass is 228 g/mol. The van der Waals surface area contributed by atoms with Crippen molar-refractivity contribution >= 4 is 11.9 Å². The Kier molecular flexibility index (Phi) is 4.29. The minimum absolute atomic E-state index is 0.112. The van der Waals surface area contributed by atoms with Crippen molar-refractivity contribution in [2.45, 2.75) is 40.5 Å². The molecule has 0 saturated carbocycles. The molecule has 0 atom stereocenters. The van der Waals surface area contributed by atoms with Crippen LogP contribution in [0.4, 0.5) is 0 Å². The second-order valence-corrected chi connectivity index (χ2v) is 5.31. The van der Waals surface area contributed by atoms with Gasteiger partial charge in [-0.2, -0.15) is 0 Å². The number of hydrogen-bond acceptors (Lipinski definition) is 2. The summed E-state index contributed by atoms with van der Waals surface area (Å²) in [5.74, 6) is -1.82. The highest BCUT2D eigenvalue weighted by Gasteiger charge is 2.43. The van der Waals surface area contributed by atoms with Gasteiger partial charge in [-0.25, -0.2) is 0 Å². The highest BCUT2D eigenvalue weighted by Crippen LogP contribution is 2.43. The lowest BCUT2D eigenvalue weighted by Crippen LogP contribution is -2.39. The Balaban J connectivity index is 4.75. The summed E-state index contributed by atoms with van der Waals surface area (Å²) in [6.07, 6.45) is 0.276. The fraction of sp³-hybridized carbons (Fsp3) is 0.667. The molecule has 0 aliphatic heterocycles. The second-order valence-electron chi connectivity index (χ2n) is 5.31. The third-order valence-corrected chi connectivity index (χ3v) is 3.32. The zero-order chi connectivity index (χ0) is 13.1. The van der Waals surface area contributed by atoms with Crippen LogP contribution in [0.15, 0.2) is 12.2 Å². The first kappa shape index (κ1) is 14.7. The van der Waals surface area contributed by atoms with Gasteiger partial charge in [0.15, 0.2) is 0 Å². The molecule has 0 aromatic heterocycles. The van der Waals surface area contributed by atoms with Crippen molar-refractivity contribution in [3.63, 3.8) is 0 Å². The normalized spacial score (nSPS) is 12.2. The SMILES string of the molecule is C=C(CC(=O)O)CC(C)(C)C(C)(C)C(=O)O. The van der Waals surface area contributed by atoms with Gasteiger partial charge in [0.25, 0.3) is 0 Å². The quantitative estimate of drug-likeness (QED) is 0.685. The molecule has 2 N–H and O–H groups in total. The molecule has 4 nitrogen and oxygen atoms in total. The molecule has 0 rings (SSSR count). The second kappa shape index (κ2) is 4.68. The molecular formula is C12H20O4. The fourth-order valence-electron chi connectivity index (χ4n) is 1.41. The molecule has 0 amide bonds. The number of rotatable bonds is 6. The van der Waals surface area contributed by atoms with Gasteiger partial charge in [-0.15, -0.1) is 0 Å². The number of carbonyl (C=O) groups is 2. The van der Waals surface area contributed by atoms with Crippen molar-refractivity contribution < 1.29 is 19.8 Å². The largest absolute Gasteiger partial charge is 0.481 e. The van der Waals surface area contributed by atoms with Crippen LogP contribution in [0.2, 0.25) is 0 Å². The lowest BCUT2D eigenvalue weighted by Gasteiger charge is -2.38. The van der Waals surface area contributed by atoms with Crippen molar-refractivity contribution in [3.8, 4) is 0 Å². The molecule has 0 radical (unpaired) electrons. The van der Waals surface area contributed by atoms with Crippen molar-refractivity contribution in [1.29, 1.82) is 0 Å². The summed E-state index contributed by atoms with van der Waals surface area (Å²) in [4.78, 5) is 21.6. The van der Waals surface area contributed by atoms with E-state index in [-0.39, 0.29) is 6.42 Å². The Bertz CT molecular complexity index is 313. The first-order valence-electron chi connectivity index (χ1n) is 5.12. The summed E-state index contributed by atoms with van der Waals surface area (Å²) in [5.41, 5.74) is -0.911. The lowest BCUT2D eigenvalue weighted by atomic mass is 9.65. The first-order chi connectivity index (χ1) is 7.00. The highest BCUT2D eigenvalue weighted by atomic mass is 16.4. The standard InChI is InChI=1S/C12H20O4/c1-8(6-9(13)14)7-11(2,3)12(4,5)10(15)16/h1,6-7H2,2-5H3,(H,13,14)(H,15,16). The van der Waals surface area contributed by atoms with E-state index in [4.69, 9.17) is 10.2 Å². The zero-order valence-electron chi connectivity index (χ0n) is 10.3. The zero-order valence-corrected chi connectivity index (χ0v) is 10.3. The van der Waals surface area contributed by atoms with Crippen molar-refractivity contribution in [2.75, 3.05) is 0 Å². The van der Waals surface area contributed by atoms with E-state index in [1.165, 1.54) is 0 Å². The average Bonchev–Trinajstić information content (AvgIpc) is 1.99. The Labute approximate surface area is 96.0 Å². The molecule has 0 saturated heterocycles. The van der Waals surface area contributed by atoms with Crippen LogP contribution < -0.4 is 0 Å². The third-order valence-electron chi connectivity index (χ3n) is 3.32. The minimum atomic E-state index is -0.936. The molecular weight excluding hydrogens is 208 g/mol. The molecule has 0 bridgehead atoms. The molecule has 0 aliphatic rings. The number of carboxylic acid groups (broad SMARTS) is 2. The minimum Gasteiger partial charge on any atom is -0.481 e. The summed E-state index contributed by atoms with van der Waals surface area (Å²) < 4.78 is 0. The van der Waals surface area contributed by atoms with E-state index in [9.17, 15) is 9.59 Å². The van der Waals surface area contributed by atoms with Crippen LogP contribution in [0.5, 0.6) is 0 Å². The molecule has 0 aliphatic carbocycles. The van der Waals surface area contributed by atoms with Gasteiger partial charge in [-0.1, -0.05) is 26.0 Å². The summed E-state index contributed by atoms with van der Waals surface area (Å²) in [7, 11) is 0. The molecule has 0 aromatic carbocycles. The highest BCUT2D eigenvalue weighted by molar-refractivity contribution is 5.75. The van der Waals surface area contributed by atoms with E-state index < -0.39 is 22.8 Å². The molecule has 16 heavy (non-hydrogen) atoms. The summed E-state index contributed by atoms with van der Waals surface area (Å²) in [6, 6.07) is 0. The maximum absolute atomic E-state index is 11.1. The van der Waals surface area contributed by atoms with Gasteiger partial charge in [0.2, 0.25) is 0 Å². The maximum Gasteiger partial charge on any atom is 0.309 e. The lowest BCUT2D eigenvalue weighted by molar-refractivity contribution is -0.153. The first-order valence-corrected chi connectivity index (χ1v) is 5.12. The van der Waals surface area contributed by atoms with Crippen LogP contribution >= 0.6 is 0 Å². The van der Waals surface area contributed by atoms with Gasteiger partial charge in [0.1, 0.15) is 0 Å².